The molecule has 1 aliphatic rings. The number of aromatic nitrogens is 2. The number of anilines is 1. The van der Waals surface area contributed by atoms with Crippen molar-refractivity contribution >= 4 is 17.5 Å². The van der Waals surface area contributed by atoms with Crippen LogP contribution in [0.15, 0.2) is 30.5 Å². The average Bonchev–Trinajstić information content (AvgIpc) is 3.16. The minimum Gasteiger partial charge on any atom is -0.375 e. The highest BCUT2D eigenvalue weighted by molar-refractivity contribution is 5.92. The van der Waals surface area contributed by atoms with Crippen LogP contribution >= 0.6 is 0 Å². The van der Waals surface area contributed by atoms with Crippen LogP contribution in [0.5, 0.6) is 0 Å². The lowest BCUT2D eigenvalue weighted by Gasteiger charge is -2.38. The largest absolute Gasteiger partial charge is 0.375 e. The van der Waals surface area contributed by atoms with Crippen molar-refractivity contribution in [1.29, 1.82) is 0 Å². The number of ether oxygens (including phenoxy) is 1. The molecule has 2 amide bonds. The molecule has 3 rings (SSSR count). The third kappa shape index (κ3) is 4.48. The predicted molar refractivity (Wildman–Crippen MR) is 107 cm³/mol. The fraction of sp³-hybridized carbons (Fsp3) is 0.476. The van der Waals surface area contributed by atoms with Gasteiger partial charge in [-0.25, -0.2) is 4.39 Å². The Hall–Kier alpha value is -2.74. The molecule has 1 atom stereocenters. The Balaban J connectivity index is 1.76. The number of halogens is 1. The predicted octanol–water partition coefficient (Wildman–Crippen LogP) is 2.82. The Bertz CT molecular complexity index is 880. The second kappa shape index (κ2) is 8.73. The number of amides is 2. The summed E-state index contributed by atoms with van der Waals surface area (Å²) in [5.41, 5.74) is 0.799. The first-order valence-corrected chi connectivity index (χ1v) is 9.71. The molecular weight excluding hydrogens is 375 g/mol. The molecule has 0 saturated carbocycles. The molecule has 2 aromatic rings. The third-order valence-electron chi connectivity index (χ3n) is 5.42. The van der Waals surface area contributed by atoms with Crippen LogP contribution in [0.4, 0.5) is 10.1 Å². The minimum absolute atomic E-state index is 0.00413. The van der Waals surface area contributed by atoms with E-state index in [-0.39, 0.29) is 30.2 Å². The summed E-state index contributed by atoms with van der Waals surface area (Å²) in [6, 6.07) is 6.40. The molecule has 2 heterocycles. The molecular formula is C21H27FN4O3. The topological polar surface area (TPSA) is 87.3 Å². The van der Waals surface area contributed by atoms with E-state index in [2.05, 4.69) is 15.5 Å². The fourth-order valence-electron chi connectivity index (χ4n) is 3.90. The lowest BCUT2D eigenvalue weighted by molar-refractivity contribution is -0.137. The third-order valence-corrected chi connectivity index (χ3v) is 5.42. The van der Waals surface area contributed by atoms with Crippen LogP contribution in [0.3, 0.4) is 0 Å². The number of likely N-dealkylation sites (tertiary alicyclic amines) is 1. The number of nitrogens with zero attached hydrogens (tertiary/aromatic N) is 2. The van der Waals surface area contributed by atoms with Crippen molar-refractivity contribution in [3.8, 4) is 0 Å². The molecule has 7 nitrogen and oxygen atoms in total. The molecule has 0 bridgehead atoms. The van der Waals surface area contributed by atoms with E-state index >= 15 is 0 Å². The van der Waals surface area contributed by atoms with Crippen LogP contribution in [-0.4, -0.2) is 53.7 Å². The standard InChI is InChI=1S/C21H27FN4O3/c1-21(2,15-8-4-5-9-16(15)22)20(28)26-10-6-7-14(12-26)19-17(11-23-25-19)24-18(27)13-29-3/h4-5,8-9,11,14H,6-7,10,12-13H2,1-3H3,(H,23,25)(H,24,27)/t14-/m1/s1. The molecule has 0 unspecified atom stereocenters. The molecule has 1 saturated heterocycles. The van der Waals surface area contributed by atoms with E-state index in [9.17, 15) is 14.0 Å². The van der Waals surface area contributed by atoms with Gasteiger partial charge >= 0.3 is 0 Å². The molecule has 0 spiro atoms. The second-order valence-electron chi connectivity index (χ2n) is 7.87. The molecule has 1 aromatic carbocycles. The number of aromatic amines is 1. The first kappa shape index (κ1) is 21.0. The number of hydrogen-bond donors (Lipinski definition) is 2. The van der Waals surface area contributed by atoms with Gasteiger partial charge in [0, 0.05) is 31.7 Å². The van der Waals surface area contributed by atoms with Crippen LogP contribution in [0, 0.1) is 5.82 Å². The molecule has 2 N–H and O–H groups in total. The number of methoxy groups -OCH3 is 1. The lowest BCUT2D eigenvalue weighted by Crippen LogP contribution is -2.47. The highest BCUT2D eigenvalue weighted by Gasteiger charge is 2.38. The zero-order valence-electron chi connectivity index (χ0n) is 17.0. The van der Waals surface area contributed by atoms with E-state index in [0.717, 1.165) is 18.5 Å². The summed E-state index contributed by atoms with van der Waals surface area (Å²) < 4.78 is 19.2. The summed E-state index contributed by atoms with van der Waals surface area (Å²) in [5.74, 6) is -0.753. The number of nitrogens with one attached hydrogen (secondary N) is 2. The van der Waals surface area contributed by atoms with E-state index < -0.39 is 5.41 Å². The highest BCUT2D eigenvalue weighted by atomic mass is 19.1. The molecule has 8 heteroatoms. The number of carbonyl (C=O) groups is 2. The van der Waals surface area contributed by atoms with Gasteiger partial charge < -0.3 is 15.0 Å². The fourth-order valence-corrected chi connectivity index (χ4v) is 3.90. The zero-order chi connectivity index (χ0) is 21.0. The van der Waals surface area contributed by atoms with E-state index in [4.69, 9.17) is 4.74 Å². The van der Waals surface area contributed by atoms with Crippen molar-refractivity contribution in [2.24, 2.45) is 0 Å². The monoisotopic (exact) mass is 402 g/mol. The van der Waals surface area contributed by atoms with Crippen LogP contribution in [0.25, 0.3) is 0 Å². The maximum absolute atomic E-state index is 14.3. The van der Waals surface area contributed by atoms with E-state index in [0.29, 0.717) is 24.3 Å². The number of rotatable bonds is 6. The molecule has 0 aliphatic carbocycles. The summed E-state index contributed by atoms with van der Waals surface area (Å²) in [5, 5.41) is 9.80. The Morgan fingerprint density at radius 1 is 1.38 bits per heavy atom. The summed E-state index contributed by atoms with van der Waals surface area (Å²) in [6.07, 6.45) is 3.24. The van der Waals surface area contributed by atoms with Gasteiger partial charge in [0.2, 0.25) is 11.8 Å². The Morgan fingerprint density at radius 2 is 2.14 bits per heavy atom. The first-order valence-electron chi connectivity index (χ1n) is 9.71. The van der Waals surface area contributed by atoms with Crippen LogP contribution < -0.4 is 5.32 Å². The number of H-pyrrole nitrogens is 1. The number of hydrogen-bond acceptors (Lipinski definition) is 4. The molecule has 0 radical (unpaired) electrons. The van der Waals surface area contributed by atoms with E-state index in [1.807, 2.05) is 0 Å². The lowest BCUT2D eigenvalue weighted by atomic mass is 9.81. The van der Waals surface area contributed by atoms with Gasteiger partial charge in [-0.2, -0.15) is 5.10 Å². The molecule has 1 aromatic heterocycles. The molecule has 1 fully saturated rings. The van der Waals surface area contributed by atoms with Gasteiger partial charge in [0.25, 0.3) is 0 Å². The highest BCUT2D eigenvalue weighted by Crippen LogP contribution is 2.34. The van der Waals surface area contributed by atoms with Crippen molar-refractivity contribution < 1.29 is 18.7 Å². The maximum atomic E-state index is 14.3. The Kier molecular flexibility index (Phi) is 6.32. The van der Waals surface area contributed by atoms with Crippen LogP contribution in [0.2, 0.25) is 0 Å². The van der Waals surface area contributed by atoms with Crippen molar-refractivity contribution in [1.82, 2.24) is 15.1 Å². The van der Waals surface area contributed by atoms with Crippen LogP contribution in [0.1, 0.15) is 43.9 Å². The van der Waals surface area contributed by atoms with Crippen molar-refractivity contribution in [2.75, 3.05) is 32.1 Å². The van der Waals surface area contributed by atoms with Gasteiger partial charge in [-0.15, -0.1) is 0 Å². The van der Waals surface area contributed by atoms with Crippen molar-refractivity contribution in [3.05, 3.63) is 47.5 Å². The quantitative estimate of drug-likeness (QED) is 0.778. The molecule has 29 heavy (non-hydrogen) atoms. The average molecular weight is 402 g/mol. The smallest absolute Gasteiger partial charge is 0.250 e. The van der Waals surface area contributed by atoms with Gasteiger partial charge in [-0.05, 0) is 32.8 Å². The maximum Gasteiger partial charge on any atom is 0.250 e. The van der Waals surface area contributed by atoms with Crippen LogP contribution in [-0.2, 0) is 19.7 Å². The van der Waals surface area contributed by atoms with Gasteiger partial charge in [-0.1, -0.05) is 18.2 Å². The van der Waals surface area contributed by atoms with Gasteiger partial charge in [-0.3, -0.25) is 14.7 Å². The Morgan fingerprint density at radius 3 is 2.86 bits per heavy atom. The normalized spacial score (nSPS) is 17.2. The first-order chi connectivity index (χ1) is 13.8. The number of piperidine rings is 1. The number of benzene rings is 1. The van der Waals surface area contributed by atoms with Gasteiger partial charge in [0.05, 0.1) is 23.0 Å². The summed E-state index contributed by atoms with van der Waals surface area (Å²) in [6.45, 7) is 4.56. The SMILES string of the molecule is COCC(=O)Nc1cn[nH]c1[C@@H]1CCCN(C(=O)C(C)(C)c2ccccc2F)C1. The molecule has 156 valence electrons. The summed E-state index contributed by atoms with van der Waals surface area (Å²) >= 11 is 0. The van der Waals surface area contributed by atoms with E-state index in [1.54, 1.807) is 43.1 Å². The summed E-state index contributed by atoms with van der Waals surface area (Å²) in [4.78, 5) is 26.9. The van der Waals surface area contributed by atoms with Gasteiger partial charge in [0.15, 0.2) is 0 Å². The second-order valence-corrected chi connectivity index (χ2v) is 7.87. The summed E-state index contributed by atoms with van der Waals surface area (Å²) in [7, 11) is 1.46. The number of carbonyl (C=O) groups excluding carboxylic acids is 2. The minimum atomic E-state index is -0.975. The molecule has 1 aliphatic heterocycles. The van der Waals surface area contributed by atoms with E-state index in [1.165, 1.54) is 13.2 Å². The van der Waals surface area contributed by atoms with Crippen molar-refractivity contribution in [3.63, 3.8) is 0 Å². The zero-order valence-corrected chi connectivity index (χ0v) is 17.0. The van der Waals surface area contributed by atoms with Crippen molar-refractivity contribution in [2.45, 2.75) is 38.0 Å². The Labute approximate surface area is 169 Å². The van der Waals surface area contributed by atoms with Gasteiger partial charge in [0.1, 0.15) is 12.4 Å².